The van der Waals surface area contributed by atoms with E-state index in [0.29, 0.717) is 5.75 Å². The fourth-order valence-electron chi connectivity index (χ4n) is 5.03. The lowest BCUT2D eigenvalue weighted by atomic mass is 9.82. The van der Waals surface area contributed by atoms with Crippen molar-refractivity contribution in [3.8, 4) is 16.9 Å². The van der Waals surface area contributed by atoms with E-state index < -0.39 is 0 Å². The lowest BCUT2D eigenvalue weighted by molar-refractivity contribution is 0.457. The van der Waals surface area contributed by atoms with E-state index in [1.165, 1.54) is 22.3 Å². The van der Waals surface area contributed by atoms with Crippen LogP contribution in [0.3, 0.4) is 0 Å². The molecule has 1 aliphatic rings. The van der Waals surface area contributed by atoms with Gasteiger partial charge in [0, 0.05) is 32.5 Å². The molecule has 5 aromatic rings. The Morgan fingerprint density at radius 1 is 0.793 bits per heavy atom. The predicted octanol–water partition coefficient (Wildman–Crippen LogP) is 5.95. The number of furan rings is 1. The molecule has 0 atom stereocenters. The third-order valence-electron chi connectivity index (χ3n) is 6.30. The summed E-state index contributed by atoms with van der Waals surface area (Å²) in [6, 6.07) is 22.9. The minimum atomic E-state index is -0.146. The molecule has 4 aromatic carbocycles. The van der Waals surface area contributed by atoms with Gasteiger partial charge in [-0.1, -0.05) is 68.4 Å². The molecule has 29 heavy (non-hydrogen) atoms. The molecular weight excluding hydrogens is 359 g/mol. The first-order valence-electron chi connectivity index (χ1n) is 9.75. The Morgan fingerprint density at radius 2 is 1.52 bits per heavy atom. The molecule has 0 saturated heterocycles. The Labute approximate surface area is 168 Å². The van der Waals surface area contributed by atoms with E-state index >= 15 is 0 Å². The van der Waals surface area contributed by atoms with Crippen LogP contribution in [0.4, 0.5) is 0 Å². The zero-order chi connectivity index (χ0) is 19.8. The molecule has 1 heterocycles. The molecular formula is C25H18BO3. The molecule has 6 rings (SSSR count). The summed E-state index contributed by atoms with van der Waals surface area (Å²) in [5.74, 6) is 0.612. The molecule has 3 nitrogen and oxygen atoms in total. The van der Waals surface area contributed by atoms with Crippen LogP contribution in [0.2, 0.25) is 0 Å². The highest BCUT2D eigenvalue weighted by molar-refractivity contribution is 6.21. The van der Waals surface area contributed by atoms with Gasteiger partial charge in [-0.2, -0.15) is 0 Å². The first kappa shape index (κ1) is 16.7. The van der Waals surface area contributed by atoms with Crippen molar-refractivity contribution < 1.29 is 14.1 Å². The van der Waals surface area contributed by atoms with Crippen LogP contribution in [-0.4, -0.2) is 12.7 Å². The van der Waals surface area contributed by atoms with Crippen molar-refractivity contribution in [1.82, 2.24) is 0 Å². The highest BCUT2D eigenvalue weighted by Gasteiger charge is 2.38. The average Bonchev–Trinajstić information content (AvgIpc) is 3.22. The topological polar surface area (TPSA) is 42.6 Å². The zero-order valence-electron chi connectivity index (χ0n) is 16.2. The van der Waals surface area contributed by atoms with Crippen LogP contribution in [0.15, 0.2) is 71.1 Å². The molecule has 0 bridgehead atoms. The molecule has 1 aliphatic carbocycles. The Bertz CT molecular complexity index is 1450. The predicted molar refractivity (Wildman–Crippen MR) is 117 cm³/mol. The van der Waals surface area contributed by atoms with Crippen LogP contribution >= 0.6 is 0 Å². The number of hydrogen-bond donors (Lipinski definition) is 1. The first-order valence-corrected chi connectivity index (χ1v) is 9.75. The molecule has 0 amide bonds. The van der Waals surface area contributed by atoms with Crippen LogP contribution in [0.25, 0.3) is 43.8 Å². The number of hydrogen-bond acceptors (Lipinski definition) is 3. The smallest absolute Gasteiger partial charge is 0.537 e. The molecule has 139 valence electrons. The summed E-state index contributed by atoms with van der Waals surface area (Å²) in [6.45, 7) is 4.52. The second-order valence-electron chi connectivity index (χ2n) is 8.16. The van der Waals surface area contributed by atoms with Crippen LogP contribution < -0.4 is 4.65 Å². The largest absolute Gasteiger partial charge is 0.569 e. The van der Waals surface area contributed by atoms with Crippen molar-refractivity contribution in [2.75, 3.05) is 0 Å². The standard InChI is InChI=1S/C25H18BO3/c1-25(2)20-10-6-5-7-14(20)16-11-12-18-19-13-21(29-26-27)15-8-3-4-9-17(15)23(19)28-24(18)22(16)25/h3-13,27H,1-2H3. The summed E-state index contributed by atoms with van der Waals surface area (Å²) in [4.78, 5) is 0. The maximum Gasteiger partial charge on any atom is 0.569 e. The number of benzene rings is 4. The summed E-state index contributed by atoms with van der Waals surface area (Å²) in [7, 11) is 0.729. The van der Waals surface area contributed by atoms with Crippen LogP contribution in [0.1, 0.15) is 25.0 Å². The Hall–Kier alpha value is -3.24. The van der Waals surface area contributed by atoms with E-state index in [1.54, 1.807) is 0 Å². The SMILES string of the molecule is CC1(C)c2ccccc2-c2ccc3c(oc4c5ccccc5c(O[B]O)cc34)c21. The maximum absolute atomic E-state index is 9.24. The van der Waals surface area contributed by atoms with Crippen molar-refractivity contribution in [3.05, 3.63) is 77.9 Å². The van der Waals surface area contributed by atoms with Crippen molar-refractivity contribution in [3.63, 3.8) is 0 Å². The minimum Gasteiger partial charge on any atom is -0.537 e. The van der Waals surface area contributed by atoms with Crippen molar-refractivity contribution in [2.24, 2.45) is 0 Å². The van der Waals surface area contributed by atoms with E-state index in [4.69, 9.17) is 9.07 Å². The molecule has 0 spiro atoms. The number of rotatable bonds is 2. The monoisotopic (exact) mass is 377 g/mol. The summed E-state index contributed by atoms with van der Waals surface area (Å²) in [6.07, 6.45) is 0. The van der Waals surface area contributed by atoms with Gasteiger partial charge >= 0.3 is 7.69 Å². The van der Waals surface area contributed by atoms with Gasteiger partial charge in [0.15, 0.2) is 0 Å². The summed E-state index contributed by atoms with van der Waals surface area (Å²) < 4.78 is 12.0. The fourth-order valence-corrected chi connectivity index (χ4v) is 5.03. The van der Waals surface area contributed by atoms with Crippen molar-refractivity contribution in [1.29, 1.82) is 0 Å². The molecule has 1 aromatic heterocycles. The third kappa shape index (κ3) is 2.07. The Kier molecular flexibility index (Phi) is 3.25. The average molecular weight is 377 g/mol. The normalized spacial score (nSPS) is 14.3. The molecule has 1 radical (unpaired) electrons. The second kappa shape index (κ2) is 5.65. The zero-order valence-corrected chi connectivity index (χ0v) is 16.2. The summed E-state index contributed by atoms with van der Waals surface area (Å²) in [5, 5.41) is 13.2. The highest BCUT2D eigenvalue weighted by Crippen LogP contribution is 2.53. The van der Waals surface area contributed by atoms with Gasteiger partial charge < -0.3 is 14.1 Å². The van der Waals surface area contributed by atoms with Crippen molar-refractivity contribution in [2.45, 2.75) is 19.3 Å². The quantitative estimate of drug-likeness (QED) is 0.387. The van der Waals surface area contributed by atoms with Crippen LogP contribution in [0, 0.1) is 0 Å². The van der Waals surface area contributed by atoms with E-state index in [-0.39, 0.29) is 5.41 Å². The van der Waals surface area contributed by atoms with E-state index in [2.05, 4.69) is 50.2 Å². The van der Waals surface area contributed by atoms with E-state index in [1.807, 2.05) is 30.3 Å². The van der Waals surface area contributed by atoms with Gasteiger partial charge in [-0.15, -0.1) is 0 Å². The molecule has 0 fully saturated rings. The number of fused-ring (bicyclic) bond motifs is 9. The summed E-state index contributed by atoms with van der Waals surface area (Å²) >= 11 is 0. The van der Waals surface area contributed by atoms with E-state index in [0.717, 1.165) is 40.4 Å². The second-order valence-corrected chi connectivity index (χ2v) is 8.16. The molecule has 1 N–H and O–H groups in total. The van der Waals surface area contributed by atoms with E-state index in [9.17, 15) is 5.02 Å². The molecule has 0 aliphatic heterocycles. The third-order valence-corrected chi connectivity index (χ3v) is 6.30. The van der Waals surface area contributed by atoms with Gasteiger partial charge in [0.2, 0.25) is 0 Å². The highest BCUT2D eigenvalue weighted by atomic mass is 16.5. The summed E-state index contributed by atoms with van der Waals surface area (Å²) in [5.41, 5.74) is 6.70. The van der Waals surface area contributed by atoms with Crippen LogP contribution in [-0.2, 0) is 5.41 Å². The van der Waals surface area contributed by atoms with Crippen molar-refractivity contribution >= 4 is 40.4 Å². The van der Waals surface area contributed by atoms with Gasteiger partial charge in [0.25, 0.3) is 0 Å². The lowest BCUT2D eigenvalue weighted by Gasteiger charge is -2.21. The molecule has 4 heteroatoms. The molecule has 0 unspecified atom stereocenters. The van der Waals surface area contributed by atoms with Crippen LogP contribution in [0.5, 0.6) is 5.75 Å². The van der Waals surface area contributed by atoms with Gasteiger partial charge in [-0.25, -0.2) is 0 Å². The molecule has 0 saturated carbocycles. The lowest BCUT2D eigenvalue weighted by Crippen LogP contribution is -2.15. The fraction of sp³-hybridized carbons (Fsp3) is 0.120. The Balaban J connectivity index is 1.78. The van der Waals surface area contributed by atoms with Gasteiger partial charge in [0.1, 0.15) is 16.9 Å². The van der Waals surface area contributed by atoms with Gasteiger partial charge in [-0.05, 0) is 28.8 Å². The Morgan fingerprint density at radius 3 is 2.34 bits per heavy atom. The maximum atomic E-state index is 9.24. The minimum absolute atomic E-state index is 0.146. The van der Waals surface area contributed by atoms with Gasteiger partial charge in [0.05, 0.1) is 0 Å². The first-order chi connectivity index (χ1) is 14.1. The van der Waals surface area contributed by atoms with Gasteiger partial charge in [-0.3, -0.25) is 0 Å².